The number of hydrogen-bond donors (Lipinski definition) is 1. The third-order valence-electron chi connectivity index (χ3n) is 5.78. The molecule has 0 saturated carbocycles. The SMILES string of the molecule is CCCCc1nc2cccc(COC)c2n1Cc1ccc(-c2ccccc2CO)cc1. The van der Waals surface area contributed by atoms with E-state index < -0.39 is 0 Å². The number of unbranched alkanes of at least 4 members (excludes halogenated alkanes) is 1. The zero-order valence-corrected chi connectivity index (χ0v) is 18.3. The molecule has 0 aliphatic carbocycles. The average Bonchev–Trinajstić information content (AvgIpc) is 3.16. The summed E-state index contributed by atoms with van der Waals surface area (Å²) >= 11 is 0. The summed E-state index contributed by atoms with van der Waals surface area (Å²) in [6, 6.07) is 22.9. The van der Waals surface area contributed by atoms with Crippen molar-refractivity contribution in [3.63, 3.8) is 0 Å². The quantitative estimate of drug-likeness (QED) is 0.380. The molecule has 0 aliphatic rings. The van der Waals surface area contributed by atoms with Crippen LogP contribution < -0.4 is 0 Å². The van der Waals surface area contributed by atoms with Crippen molar-refractivity contribution in [3.8, 4) is 11.1 Å². The number of aromatic nitrogens is 2. The summed E-state index contributed by atoms with van der Waals surface area (Å²) in [5.74, 6) is 1.13. The van der Waals surface area contributed by atoms with E-state index in [2.05, 4.69) is 60.0 Å². The predicted octanol–water partition coefficient (Wildman–Crippen LogP) is 5.73. The Morgan fingerprint density at radius 1 is 0.935 bits per heavy atom. The summed E-state index contributed by atoms with van der Waals surface area (Å²) in [4.78, 5) is 4.96. The normalized spacial score (nSPS) is 11.3. The summed E-state index contributed by atoms with van der Waals surface area (Å²) in [6.45, 7) is 3.61. The fourth-order valence-corrected chi connectivity index (χ4v) is 4.19. The molecule has 3 aromatic carbocycles. The number of para-hydroxylation sites is 1. The van der Waals surface area contributed by atoms with Crippen LogP contribution in [0.3, 0.4) is 0 Å². The number of aliphatic hydroxyl groups is 1. The van der Waals surface area contributed by atoms with Gasteiger partial charge in [0.15, 0.2) is 0 Å². The first-order valence-electron chi connectivity index (χ1n) is 11.0. The molecule has 4 nitrogen and oxygen atoms in total. The van der Waals surface area contributed by atoms with E-state index in [9.17, 15) is 5.11 Å². The number of nitrogens with zero attached hydrogens (tertiary/aromatic N) is 2. The summed E-state index contributed by atoms with van der Waals surface area (Å²) in [5.41, 5.74) is 7.75. The van der Waals surface area contributed by atoms with Gasteiger partial charge in [0.25, 0.3) is 0 Å². The molecule has 0 amide bonds. The van der Waals surface area contributed by atoms with Crippen molar-refractivity contribution in [3.05, 3.63) is 89.2 Å². The van der Waals surface area contributed by atoms with Gasteiger partial charge in [0, 0.05) is 25.6 Å². The maximum atomic E-state index is 9.66. The van der Waals surface area contributed by atoms with E-state index in [1.807, 2.05) is 18.2 Å². The number of fused-ring (bicyclic) bond motifs is 1. The lowest BCUT2D eigenvalue weighted by Crippen LogP contribution is -2.07. The number of hydrogen-bond acceptors (Lipinski definition) is 3. The molecule has 4 heteroatoms. The van der Waals surface area contributed by atoms with Crippen molar-refractivity contribution in [1.29, 1.82) is 0 Å². The lowest BCUT2D eigenvalue weighted by atomic mass is 9.99. The highest BCUT2D eigenvalue weighted by Gasteiger charge is 2.14. The maximum absolute atomic E-state index is 9.66. The van der Waals surface area contributed by atoms with Gasteiger partial charge in [-0.2, -0.15) is 0 Å². The molecule has 0 atom stereocenters. The van der Waals surface area contributed by atoms with Crippen LogP contribution in [0.2, 0.25) is 0 Å². The standard InChI is InChI=1S/C27H30N2O2/c1-3-4-12-26-28-25-11-7-9-23(19-31-2)27(25)29(26)17-20-13-15-21(16-14-20)24-10-6-5-8-22(24)18-30/h5-11,13-16,30H,3-4,12,17-19H2,1-2H3. The molecule has 0 spiro atoms. The maximum Gasteiger partial charge on any atom is 0.110 e. The number of rotatable bonds is 9. The van der Waals surface area contributed by atoms with Crippen molar-refractivity contribution in [1.82, 2.24) is 9.55 Å². The van der Waals surface area contributed by atoms with E-state index >= 15 is 0 Å². The second-order valence-electron chi connectivity index (χ2n) is 7.95. The molecule has 0 fully saturated rings. The van der Waals surface area contributed by atoms with Crippen LogP contribution >= 0.6 is 0 Å². The highest BCUT2D eigenvalue weighted by molar-refractivity contribution is 5.80. The van der Waals surface area contributed by atoms with Gasteiger partial charge in [0.1, 0.15) is 5.82 Å². The number of methoxy groups -OCH3 is 1. The van der Waals surface area contributed by atoms with Crippen molar-refractivity contribution in [2.24, 2.45) is 0 Å². The Labute approximate surface area is 184 Å². The second-order valence-corrected chi connectivity index (χ2v) is 7.95. The molecule has 0 radical (unpaired) electrons. The van der Waals surface area contributed by atoms with Crippen molar-refractivity contribution in [2.45, 2.75) is 45.9 Å². The lowest BCUT2D eigenvalue weighted by molar-refractivity contribution is 0.185. The minimum Gasteiger partial charge on any atom is -0.392 e. The summed E-state index contributed by atoms with van der Waals surface area (Å²) in [6.07, 6.45) is 3.24. The molecule has 1 aromatic heterocycles. The van der Waals surface area contributed by atoms with E-state index in [1.54, 1.807) is 7.11 Å². The van der Waals surface area contributed by atoms with Gasteiger partial charge in [0.05, 0.1) is 24.2 Å². The topological polar surface area (TPSA) is 47.3 Å². The van der Waals surface area contributed by atoms with Gasteiger partial charge >= 0.3 is 0 Å². The average molecular weight is 415 g/mol. The van der Waals surface area contributed by atoms with Gasteiger partial charge in [-0.15, -0.1) is 0 Å². The monoisotopic (exact) mass is 414 g/mol. The second kappa shape index (κ2) is 9.90. The molecule has 31 heavy (non-hydrogen) atoms. The van der Waals surface area contributed by atoms with Crippen LogP contribution in [0.4, 0.5) is 0 Å². The number of ether oxygens (including phenoxy) is 1. The van der Waals surface area contributed by atoms with Gasteiger partial charge < -0.3 is 14.4 Å². The molecule has 4 aromatic rings. The Balaban J connectivity index is 1.70. The van der Waals surface area contributed by atoms with Crippen molar-refractivity contribution in [2.75, 3.05) is 7.11 Å². The van der Waals surface area contributed by atoms with Gasteiger partial charge in [-0.1, -0.05) is 74.0 Å². The minimum atomic E-state index is 0.0437. The molecule has 1 N–H and O–H groups in total. The van der Waals surface area contributed by atoms with Gasteiger partial charge in [-0.25, -0.2) is 4.98 Å². The lowest BCUT2D eigenvalue weighted by Gasteiger charge is -2.13. The Morgan fingerprint density at radius 2 is 1.71 bits per heavy atom. The zero-order chi connectivity index (χ0) is 21.6. The third kappa shape index (κ3) is 4.55. The van der Waals surface area contributed by atoms with Crippen molar-refractivity contribution < 1.29 is 9.84 Å². The molecule has 1 heterocycles. The van der Waals surface area contributed by atoms with E-state index in [1.165, 1.54) is 16.6 Å². The fourth-order valence-electron chi connectivity index (χ4n) is 4.19. The van der Waals surface area contributed by atoms with Crippen LogP contribution in [0.15, 0.2) is 66.7 Å². The zero-order valence-electron chi connectivity index (χ0n) is 18.3. The minimum absolute atomic E-state index is 0.0437. The Bertz CT molecular complexity index is 1150. The summed E-state index contributed by atoms with van der Waals surface area (Å²) in [5, 5.41) is 9.66. The van der Waals surface area contributed by atoms with Crippen LogP contribution in [0.1, 0.15) is 42.3 Å². The van der Waals surface area contributed by atoms with Crippen LogP contribution in [0.5, 0.6) is 0 Å². The number of aryl methyl sites for hydroxylation is 1. The Kier molecular flexibility index (Phi) is 6.80. The van der Waals surface area contributed by atoms with Crippen LogP contribution in [-0.4, -0.2) is 21.8 Å². The van der Waals surface area contributed by atoms with E-state index in [4.69, 9.17) is 9.72 Å². The molecule has 0 aliphatic heterocycles. The molecule has 160 valence electrons. The largest absolute Gasteiger partial charge is 0.392 e. The van der Waals surface area contributed by atoms with E-state index in [0.29, 0.717) is 6.61 Å². The first-order valence-corrected chi connectivity index (χ1v) is 11.0. The molecule has 0 bridgehead atoms. The first kappa shape index (κ1) is 21.3. The smallest absolute Gasteiger partial charge is 0.110 e. The van der Waals surface area contributed by atoms with Crippen LogP contribution in [-0.2, 0) is 30.9 Å². The third-order valence-corrected chi connectivity index (χ3v) is 5.78. The highest BCUT2D eigenvalue weighted by Crippen LogP contribution is 2.27. The van der Waals surface area contributed by atoms with Crippen LogP contribution in [0.25, 0.3) is 22.2 Å². The number of benzene rings is 3. The first-order chi connectivity index (χ1) is 15.2. The Morgan fingerprint density at radius 3 is 2.45 bits per heavy atom. The molecule has 0 saturated heterocycles. The molecular weight excluding hydrogens is 384 g/mol. The fraction of sp³-hybridized carbons (Fsp3) is 0.296. The van der Waals surface area contributed by atoms with Crippen LogP contribution in [0, 0.1) is 0 Å². The number of aliphatic hydroxyl groups excluding tert-OH is 1. The van der Waals surface area contributed by atoms with Gasteiger partial charge in [-0.3, -0.25) is 0 Å². The predicted molar refractivity (Wildman–Crippen MR) is 126 cm³/mol. The van der Waals surface area contributed by atoms with Crippen molar-refractivity contribution >= 4 is 11.0 Å². The summed E-state index contributed by atoms with van der Waals surface area (Å²) in [7, 11) is 1.74. The summed E-state index contributed by atoms with van der Waals surface area (Å²) < 4.78 is 7.81. The molecule has 4 rings (SSSR count). The van der Waals surface area contributed by atoms with E-state index in [0.717, 1.165) is 53.8 Å². The Hall–Kier alpha value is -2.95. The van der Waals surface area contributed by atoms with E-state index in [-0.39, 0.29) is 6.61 Å². The van der Waals surface area contributed by atoms with Gasteiger partial charge in [0.2, 0.25) is 0 Å². The molecular formula is C27H30N2O2. The van der Waals surface area contributed by atoms with Gasteiger partial charge in [-0.05, 0) is 34.7 Å². The highest BCUT2D eigenvalue weighted by atomic mass is 16.5. The molecule has 0 unspecified atom stereocenters. The number of imidazole rings is 1.